The number of methoxy groups -OCH3 is 2. The van der Waals surface area contributed by atoms with E-state index in [2.05, 4.69) is 53.0 Å². The molecule has 1 radical (unpaired) electrons. The van der Waals surface area contributed by atoms with Gasteiger partial charge in [0.05, 0.1) is 25.4 Å². The molecule has 405 valence electrons. The largest absolute Gasteiger partial charge is 0.395 e. The lowest BCUT2D eigenvalue weighted by molar-refractivity contribution is -0.134. The van der Waals surface area contributed by atoms with Gasteiger partial charge < -0.3 is 33.3 Å². The van der Waals surface area contributed by atoms with Gasteiger partial charge in [0.15, 0.2) is 0 Å². The van der Waals surface area contributed by atoms with Crippen molar-refractivity contribution in [3.63, 3.8) is 0 Å². The van der Waals surface area contributed by atoms with E-state index >= 15 is 0 Å². The van der Waals surface area contributed by atoms with Crippen molar-refractivity contribution >= 4 is 9.28 Å². The van der Waals surface area contributed by atoms with E-state index in [1.807, 2.05) is 14.2 Å². The lowest BCUT2D eigenvalue weighted by atomic mass is 9.44. The van der Waals surface area contributed by atoms with Crippen molar-refractivity contribution in [1.29, 1.82) is 0 Å². The molecule has 0 heterocycles. The number of hydrogen-bond donors (Lipinski definition) is 2. The van der Waals surface area contributed by atoms with Gasteiger partial charge in [0.2, 0.25) is 0 Å². The van der Waals surface area contributed by atoms with Crippen LogP contribution in [0.5, 0.6) is 0 Å². The first-order chi connectivity index (χ1) is 33.7. The van der Waals surface area contributed by atoms with E-state index in [9.17, 15) is 10.2 Å². The van der Waals surface area contributed by atoms with Crippen LogP contribution in [0, 0.1) is 92.7 Å². The molecule has 8 nitrogen and oxygen atoms in total. The highest BCUT2D eigenvalue weighted by molar-refractivity contribution is 6.42. The summed E-state index contributed by atoms with van der Waals surface area (Å²) in [5.74, 6) is 10.3. The minimum Gasteiger partial charge on any atom is -0.395 e. The molecular formula is C61H110NO7Si. The quantitative estimate of drug-likeness (QED) is 0.0503. The fourth-order valence-electron chi connectivity index (χ4n) is 20.3. The second-order valence-electron chi connectivity index (χ2n) is 27.2. The van der Waals surface area contributed by atoms with Gasteiger partial charge in [-0.15, -0.1) is 0 Å². The smallest absolute Gasteiger partial charge is 0.383 e. The Morgan fingerprint density at radius 2 is 1.03 bits per heavy atom. The van der Waals surface area contributed by atoms with Crippen LogP contribution in [0.15, 0.2) is 0 Å². The van der Waals surface area contributed by atoms with E-state index in [4.69, 9.17) is 23.1 Å². The molecule has 9 heteroatoms. The molecule has 2 N–H and O–H groups in total. The van der Waals surface area contributed by atoms with E-state index in [0.29, 0.717) is 52.9 Å². The SMILES string of the molecule is CO[C@@H]1CC[C@@]2(C)C(CCC3C2CC[C@@]2(C)C3CCC2[C@H](C)CCCOC(CC[C@@H](C)C2CCC3C4CCC5C[C@H](OC)CC[C@]5(C)C4CC[C@@]32C)O[Si](C)OCCCCCCN(CCO)CCO)C1. The van der Waals surface area contributed by atoms with Crippen molar-refractivity contribution in [2.24, 2.45) is 92.7 Å². The number of aliphatic hydroxyl groups is 2. The highest BCUT2D eigenvalue weighted by Gasteiger charge is 2.62. The maximum absolute atomic E-state index is 9.37. The molecule has 0 bridgehead atoms. The molecule has 11 unspecified atom stereocenters. The number of aliphatic hydroxyl groups excluding tert-OH is 2. The molecule has 19 atom stereocenters. The van der Waals surface area contributed by atoms with Crippen LogP contribution in [-0.2, 0) is 23.1 Å². The Bertz CT molecular complexity index is 1580. The summed E-state index contributed by atoms with van der Waals surface area (Å²) >= 11 is 0. The van der Waals surface area contributed by atoms with Crippen molar-refractivity contribution in [3.8, 4) is 0 Å². The second-order valence-corrected chi connectivity index (χ2v) is 28.7. The van der Waals surface area contributed by atoms with Gasteiger partial charge in [0, 0.05) is 40.5 Å². The van der Waals surface area contributed by atoms with Gasteiger partial charge in [0.1, 0.15) is 6.29 Å². The van der Waals surface area contributed by atoms with Crippen molar-refractivity contribution < 1.29 is 33.3 Å². The third-order valence-corrected chi connectivity index (χ3v) is 25.4. The van der Waals surface area contributed by atoms with Crippen LogP contribution < -0.4 is 0 Å². The van der Waals surface area contributed by atoms with Gasteiger partial charge in [-0.25, -0.2) is 0 Å². The number of unbranched alkanes of at least 4 members (excludes halogenated alkanes) is 3. The van der Waals surface area contributed by atoms with Crippen molar-refractivity contribution in [1.82, 2.24) is 4.90 Å². The topological polar surface area (TPSA) is 89.9 Å². The van der Waals surface area contributed by atoms with Crippen LogP contribution in [0.2, 0.25) is 6.55 Å². The van der Waals surface area contributed by atoms with Crippen LogP contribution in [0.4, 0.5) is 0 Å². The lowest BCUT2D eigenvalue weighted by Gasteiger charge is -2.61. The van der Waals surface area contributed by atoms with Gasteiger partial charge in [-0.3, -0.25) is 4.90 Å². The van der Waals surface area contributed by atoms with E-state index in [1.54, 1.807) is 0 Å². The molecule has 0 aliphatic heterocycles. The lowest BCUT2D eigenvalue weighted by Crippen LogP contribution is -2.54. The predicted octanol–water partition coefficient (Wildman–Crippen LogP) is 13.5. The van der Waals surface area contributed by atoms with Crippen LogP contribution >= 0.6 is 0 Å². The molecule has 8 saturated carbocycles. The number of rotatable bonds is 26. The minimum atomic E-state index is -1.45. The Labute approximate surface area is 432 Å². The summed E-state index contributed by atoms with van der Waals surface area (Å²) < 4.78 is 32.0. The van der Waals surface area contributed by atoms with Gasteiger partial charge in [0.25, 0.3) is 0 Å². The molecule has 8 rings (SSSR count). The first-order valence-corrected chi connectivity index (χ1v) is 32.3. The van der Waals surface area contributed by atoms with E-state index in [1.165, 1.54) is 128 Å². The Balaban J connectivity index is 0.829. The molecule has 70 heavy (non-hydrogen) atoms. The zero-order valence-electron chi connectivity index (χ0n) is 46.9. The third-order valence-electron chi connectivity index (χ3n) is 24.2. The monoisotopic (exact) mass is 997 g/mol. The highest BCUT2D eigenvalue weighted by Crippen LogP contribution is 2.70. The summed E-state index contributed by atoms with van der Waals surface area (Å²) in [6.07, 6.45) is 34.9. The third kappa shape index (κ3) is 11.9. The van der Waals surface area contributed by atoms with Gasteiger partial charge >= 0.3 is 9.28 Å². The predicted molar refractivity (Wildman–Crippen MR) is 286 cm³/mol. The Morgan fingerprint density at radius 3 is 1.56 bits per heavy atom. The zero-order chi connectivity index (χ0) is 49.7. The van der Waals surface area contributed by atoms with Crippen molar-refractivity contribution in [2.75, 3.05) is 60.3 Å². The second kappa shape index (κ2) is 24.9. The number of nitrogens with zero attached hydrogens (tertiary/aromatic N) is 1. The normalized spacial score (nSPS) is 42.6. The molecule has 0 spiro atoms. The molecule has 0 saturated heterocycles. The number of fused-ring (bicyclic) bond motifs is 10. The molecule has 0 aromatic carbocycles. The summed E-state index contributed by atoms with van der Waals surface area (Å²) in [6, 6.07) is 0. The summed E-state index contributed by atoms with van der Waals surface area (Å²) in [5, 5.41) is 18.7. The molecule has 0 amide bonds. The van der Waals surface area contributed by atoms with Crippen LogP contribution in [0.3, 0.4) is 0 Å². The van der Waals surface area contributed by atoms with E-state index in [-0.39, 0.29) is 19.5 Å². The molecule has 0 aromatic rings. The summed E-state index contributed by atoms with van der Waals surface area (Å²) in [6.45, 7) is 22.3. The molecule has 8 fully saturated rings. The van der Waals surface area contributed by atoms with Crippen molar-refractivity contribution in [3.05, 3.63) is 0 Å². The first kappa shape index (κ1) is 56.1. The molecule has 8 aliphatic rings. The fraction of sp³-hybridized carbons (Fsp3) is 1.00. The van der Waals surface area contributed by atoms with Gasteiger partial charge in [-0.1, -0.05) is 54.4 Å². The summed E-state index contributed by atoms with van der Waals surface area (Å²) in [7, 11) is 2.43. The Morgan fingerprint density at radius 1 is 0.529 bits per heavy atom. The summed E-state index contributed by atoms with van der Waals surface area (Å²) in [5.41, 5.74) is 2.03. The van der Waals surface area contributed by atoms with Gasteiger partial charge in [-0.05, 0) is 260 Å². The van der Waals surface area contributed by atoms with Gasteiger partial charge in [-0.2, -0.15) is 0 Å². The average Bonchev–Trinajstić information content (AvgIpc) is 3.90. The van der Waals surface area contributed by atoms with Crippen molar-refractivity contribution in [2.45, 2.75) is 234 Å². The minimum absolute atomic E-state index is 0.146. The zero-order valence-corrected chi connectivity index (χ0v) is 47.9. The number of hydrogen-bond acceptors (Lipinski definition) is 8. The summed E-state index contributed by atoms with van der Waals surface area (Å²) in [4.78, 5) is 2.16. The first-order valence-electron chi connectivity index (χ1n) is 30.5. The maximum Gasteiger partial charge on any atom is 0.383 e. The number of ether oxygens (including phenoxy) is 3. The maximum atomic E-state index is 9.37. The van der Waals surface area contributed by atoms with Crippen LogP contribution in [-0.4, -0.2) is 103 Å². The Kier molecular flexibility index (Phi) is 20.0. The highest BCUT2D eigenvalue weighted by atomic mass is 28.3. The molecule has 0 aromatic heterocycles. The fourth-order valence-corrected chi connectivity index (χ4v) is 21.3. The van der Waals surface area contributed by atoms with Crippen LogP contribution in [0.25, 0.3) is 0 Å². The van der Waals surface area contributed by atoms with Crippen LogP contribution in [0.1, 0.15) is 208 Å². The average molecular weight is 998 g/mol. The molecule has 8 aliphatic carbocycles. The van der Waals surface area contributed by atoms with E-state index in [0.717, 1.165) is 123 Å². The Hall–Kier alpha value is -0.103. The van der Waals surface area contributed by atoms with E-state index < -0.39 is 9.28 Å². The molecular weight excluding hydrogens is 887 g/mol. The standard InChI is InChI=1S/C61H110NO7Si/c1-43(51-21-23-53-49-19-17-45-41-47(65-7)26-30-58(45,3)55(49)28-32-60(51,53)5)15-14-39-67-57(69-70(9)68-40-13-11-10-12-34-62(35-37-63)36-38-64)25-16-44(2)52-22-24-54-50-20-18-46-42-48(66-8)27-31-59(46,4)56(50)29-33-61(52,54)6/h43-57,63-64H,10-42H2,1-9H3/t43-,44-,45?,46?,47-,48-,49?,50?,51?,52?,53?,54?,55?,56?,57?,58+,59+,60-,61-/m1/s1.